The first-order valence-corrected chi connectivity index (χ1v) is 12.6. The highest BCUT2D eigenvalue weighted by molar-refractivity contribution is 9.10. The Hall–Kier alpha value is -3.96. The van der Waals surface area contributed by atoms with Crippen molar-refractivity contribution in [2.75, 3.05) is 6.61 Å². The number of nitro benzene ring substituents is 1. The second-order valence-electron chi connectivity index (χ2n) is 7.70. The number of benzene rings is 3. The molecule has 0 unspecified atom stereocenters. The number of non-ortho nitro benzene ring substituents is 1. The van der Waals surface area contributed by atoms with Crippen LogP contribution in [-0.2, 0) is 11.3 Å². The van der Waals surface area contributed by atoms with Gasteiger partial charge in [0.1, 0.15) is 0 Å². The lowest BCUT2D eigenvalue weighted by Crippen LogP contribution is -2.27. The minimum atomic E-state index is -0.786. The molecule has 9 nitrogen and oxygen atoms in total. The molecule has 1 fully saturated rings. The molecule has 1 aliphatic rings. The molecular formula is C26H19BrN2O7S. The van der Waals surface area contributed by atoms with E-state index in [1.807, 2.05) is 24.3 Å². The van der Waals surface area contributed by atoms with E-state index in [1.54, 1.807) is 25.1 Å². The maximum absolute atomic E-state index is 12.9. The molecule has 11 heteroatoms. The summed E-state index contributed by atoms with van der Waals surface area (Å²) in [6.45, 7) is 2.17. The molecule has 1 aliphatic heterocycles. The van der Waals surface area contributed by atoms with Gasteiger partial charge in [-0.05, 0) is 60.2 Å². The summed E-state index contributed by atoms with van der Waals surface area (Å²) in [6.07, 6.45) is 1.57. The molecule has 0 atom stereocenters. The number of esters is 1. The van der Waals surface area contributed by atoms with Crippen molar-refractivity contribution in [1.82, 2.24) is 4.90 Å². The molecule has 2 amide bonds. The van der Waals surface area contributed by atoms with Crippen LogP contribution in [0.3, 0.4) is 0 Å². The summed E-state index contributed by atoms with van der Waals surface area (Å²) in [6, 6.07) is 17.3. The third-order valence-corrected chi connectivity index (χ3v) is 6.90. The number of carbonyl (C=O) groups excluding carboxylic acids is 3. The molecule has 1 saturated heterocycles. The van der Waals surface area contributed by atoms with E-state index in [4.69, 9.17) is 9.47 Å². The summed E-state index contributed by atoms with van der Waals surface area (Å²) < 4.78 is 11.8. The summed E-state index contributed by atoms with van der Waals surface area (Å²) in [5.41, 5.74) is 1.15. The summed E-state index contributed by atoms with van der Waals surface area (Å²) in [7, 11) is 0. The molecule has 0 N–H and O–H groups in total. The molecule has 3 aromatic carbocycles. The van der Waals surface area contributed by atoms with Gasteiger partial charge >= 0.3 is 5.97 Å². The van der Waals surface area contributed by atoms with E-state index in [0.717, 1.165) is 27.9 Å². The van der Waals surface area contributed by atoms with E-state index in [2.05, 4.69) is 15.9 Å². The number of ether oxygens (including phenoxy) is 2. The maximum Gasteiger partial charge on any atom is 0.343 e. The first-order chi connectivity index (χ1) is 17.8. The zero-order chi connectivity index (χ0) is 26.5. The molecule has 0 spiro atoms. The predicted octanol–water partition coefficient (Wildman–Crippen LogP) is 6.21. The Morgan fingerprint density at radius 3 is 2.59 bits per heavy atom. The van der Waals surface area contributed by atoms with Crippen LogP contribution in [0.2, 0.25) is 0 Å². The van der Waals surface area contributed by atoms with Crippen molar-refractivity contribution < 1.29 is 28.8 Å². The molecule has 4 rings (SSSR count). The van der Waals surface area contributed by atoms with Gasteiger partial charge in [0.15, 0.2) is 11.5 Å². The lowest BCUT2D eigenvalue weighted by Gasteiger charge is -2.13. The van der Waals surface area contributed by atoms with Crippen LogP contribution in [0.4, 0.5) is 10.5 Å². The number of nitrogens with zero attached hydrogens (tertiary/aromatic N) is 2. The van der Waals surface area contributed by atoms with Gasteiger partial charge in [-0.15, -0.1) is 0 Å². The molecule has 1 heterocycles. The number of thioether (sulfide) groups is 1. The fourth-order valence-corrected chi connectivity index (χ4v) is 4.71. The maximum atomic E-state index is 12.9. The predicted molar refractivity (Wildman–Crippen MR) is 141 cm³/mol. The zero-order valence-electron chi connectivity index (χ0n) is 19.4. The highest BCUT2D eigenvalue weighted by Gasteiger charge is 2.35. The van der Waals surface area contributed by atoms with Crippen molar-refractivity contribution >= 4 is 56.6 Å². The lowest BCUT2D eigenvalue weighted by atomic mass is 10.1. The summed E-state index contributed by atoms with van der Waals surface area (Å²) in [5, 5.41) is 10.6. The van der Waals surface area contributed by atoms with Crippen molar-refractivity contribution in [2.24, 2.45) is 0 Å². The lowest BCUT2D eigenvalue weighted by molar-refractivity contribution is -0.384. The van der Waals surface area contributed by atoms with Crippen molar-refractivity contribution in [3.8, 4) is 11.5 Å². The quantitative estimate of drug-likeness (QED) is 0.101. The molecule has 0 aliphatic carbocycles. The largest absolute Gasteiger partial charge is 0.490 e. The molecule has 0 aromatic heterocycles. The minimum absolute atomic E-state index is 0.0134. The Bertz CT molecular complexity index is 1440. The van der Waals surface area contributed by atoms with Crippen LogP contribution in [0.5, 0.6) is 11.5 Å². The van der Waals surface area contributed by atoms with Crippen molar-refractivity contribution in [3.63, 3.8) is 0 Å². The Morgan fingerprint density at radius 2 is 1.86 bits per heavy atom. The number of nitro groups is 1. The number of amides is 2. The molecule has 188 valence electrons. The third kappa shape index (κ3) is 6.07. The van der Waals surface area contributed by atoms with Crippen LogP contribution in [-0.4, -0.2) is 33.5 Å². The number of hydrogen-bond donors (Lipinski definition) is 0. The SMILES string of the molecule is CCOc1cc(/C=C2\SC(=O)N(Cc3ccccc3Br)C2=O)ccc1OC(=O)c1cccc([N+](=O)[O-])c1. The van der Waals surface area contributed by atoms with Gasteiger partial charge in [-0.2, -0.15) is 0 Å². The van der Waals surface area contributed by atoms with Crippen molar-refractivity contribution in [2.45, 2.75) is 13.5 Å². The fourth-order valence-electron chi connectivity index (χ4n) is 3.46. The molecule has 0 radical (unpaired) electrons. The van der Waals surface area contributed by atoms with Gasteiger partial charge in [0.2, 0.25) is 0 Å². The fraction of sp³-hybridized carbons (Fsp3) is 0.115. The number of halogens is 1. The summed E-state index contributed by atoms with van der Waals surface area (Å²) >= 11 is 4.27. The average molecular weight is 583 g/mol. The third-order valence-electron chi connectivity index (χ3n) is 5.22. The van der Waals surface area contributed by atoms with Gasteiger partial charge in [-0.25, -0.2) is 4.79 Å². The summed E-state index contributed by atoms with van der Waals surface area (Å²) in [5.74, 6) is -0.851. The molecule has 0 saturated carbocycles. The minimum Gasteiger partial charge on any atom is -0.490 e. The number of hydrogen-bond acceptors (Lipinski definition) is 8. The number of carbonyl (C=O) groups is 3. The first kappa shape index (κ1) is 26.1. The van der Waals surface area contributed by atoms with E-state index >= 15 is 0 Å². The Labute approximate surface area is 224 Å². The molecular weight excluding hydrogens is 564 g/mol. The van der Waals surface area contributed by atoms with Crippen LogP contribution < -0.4 is 9.47 Å². The molecule has 3 aromatic rings. The van der Waals surface area contributed by atoms with Gasteiger partial charge < -0.3 is 9.47 Å². The normalized spacial score (nSPS) is 14.2. The van der Waals surface area contributed by atoms with Crippen LogP contribution in [0.25, 0.3) is 6.08 Å². The summed E-state index contributed by atoms with van der Waals surface area (Å²) in [4.78, 5) is 49.9. The molecule has 37 heavy (non-hydrogen) atoms. The van der Waals surface area contributed by atoms with Gasteiger partial charge in [-0.1, -0.05) is 46.3 Å². The average Bonchev–Trinajstić information content (AvgIpc) is 3.14. The highest BCUT2D eigenvalue weighted by Crippen LogP contribution is 2.36. The molecule has 0 bridgehead atoms. The van der Waals surface area contributed by atoms with Crippen LogP contribution in [0, 0.1) is 10.1 Å². The number of imide groups is 1. The van der Waals surface area contributed by atoms with Gasteiger partial charge in [0.05, 0.1) is 28.5 Å². The Balaban J connectivity index is 1.55. The second kappa shape index (κ2) is 11.4. The van der Waals surface area contributed by atoms with Crippen LogP contribution >= 0.6 is 27.7 Å². The van der Waals surface area contributed by atoms with E-state index in [0.29, 0.717) is 5.56 Å². The van der Waals surface area contributed by atoms with E-state index in [1.165, 1.54) is 29.2 Å². The van der Waals surface area contributed by atoms with E-state index in [9.17, 15) is 24.5 Å². The van der Waals surface area contributed by atoms with Crippen molar-refractivity contribution in [1.29, 1.82) is 0 Å². The Kier molecular flexibility index (Phi) is 8.04. The first-order valence-electron chi connectivity index (χ1n) is 11.0. The smallest absolute Gasteiger partial charge is 0.343 e. The second-order valence-corrected chi connectivity index (χ2v) is 9.54. The van der Waals surface area contributed by atoms with Gasteiger partial charge in [-0.3, -0.25) is 24.6 Å². The van der Waals surface area contributed by atoms with Crippen LogP contribution in [0.1, 0.15) is 28.4 Å². The monoisotopic (exact) mass is 582 g/mol. The van der Waals surface area contributed by atoms with E-state index in [-0.39, 0.29) is 46.0 Å². The van der Waals surface area contributed by atoms with Gasteiger partial charge in [0.25, 0.3) is 16.8 Å². The van der Waals surface area contributed by atoms with Crippen LogP contribution in [0.15, 0.2) is 76.1 Å². The highest BCUT2D eigenvalue weighted by atomic mass is 79.9. The van der Waals surface area contributed by atoms with Crippen molar-refractivity contribution in [3.05, 3.63) is 103 Å². The Morgan fingerprint density at radius 1 is 1.08 bits per heavy atom. The standard InChI is InChI=1S/C26H19BrN2O7S/c1-2-35-22-12-16(10-11-21(22)36-25(31)17-7-5-8-19(14-17)29(33)34)13-23-24(30)28(26(32)37-23)15-18-6-3-4-9-20(18)27/h3-14H,2,15H2,1H3/b23-13-. The number of rotatable bonds is 8. The zero-order valence-corrected chi connectivity index (χ0v) is 21.8. The van der Waals surface area contributed by atoms with Gasteiger partial charge in [0, 0.05) is 16.6 Å². The van der Waals surface area contributed by atoms with E-state index < -0.39 is 16.8 Å². The topological polar surface area (TPSA) is 116 Å².